The van der Waals surface area contributed by atoms with Crippen molar-refractivity contribution in [3.63, 3.8) is 0 Å². The second-order valence-electron chi connectivity index (χ2n) is 9.36. The second kappa shape index (κ2) is 11.5. The molecule has 5 rings (SSSR count). The summed E-state index contributed by atoms with van der Waals surface area (Å²) in [6.07, 6.45) is 1.81. The number of nitrogens with two attached hydrogens (primary N) is 1. The van der Waals surface area contributed by atoms with Crippen LogP contribution in [0.5, 0.6) is 0 Å². The molecular weight excluding hydrogens is 486 g/mol. The number of carbonyl (C=O) groups is 1. The zero-order valence-electron chi connectivity index (χ0n) is 21.3. The van der Waals surface area contributed by atoms with Crippen molar-refractivity contribution in [3.8, 4) is 23.4 Å². The van der Waals surface area contributed by atoms with Gasteiger partial charge in [-0.3, -0.25) is 14.7 Å². The zero-order valence-corrected chi connectivity index (χ0v) is 21.3. The molecule has 0 atom stereocenters. The first-order valence-electron chi connectivity index (χ1n) is 12.7. The molecule has 3 N–H and O–H groups in total. The fourth-order valence-corrected chi connectivity index (χ4v) is 4.74. The predicted molar refractivity (Wildman–Crippen MR) is 152 cm³/mol. The number of pyridine rings is 1. The molecule has 0 aliphatic carbocycles. The third-order valence-electron chi connectivity index (χ3n) is 6.84. The maximum atomic E-state index is 12.6. The quantitative estimate of drug-likeness (QED) is 0.360. The number of para-hydroxylation sites is 3. The number of nitriles is 2. The number of piperazine rings is 1. The molecule has 0 saturated carbocycles. The molecule has 0 unspecified atom stereocenters. The third-order valence-corrected chi connectivity index (χ3v) is 6.84. The Labute approximate surface area is 227 Å². The highest BCUT2D eigenvalue weighted by Crippen LogP contribution is 2.25. The Morgan fingerprint density at radius 1 is 0.897 bits per heavy atom. The number of aromatic nitrogens is 1. The van der Waals surface area contributed by atoms with Crippen LogP contribution in [0.1, 0.15) is 27.0 Å². The number of hydrogen-bond acceptors (Lipinski definition) is 7. The molecular formula is C31H27N7O. The van der Waals surface area contributed by atoms with Crippen LogP contribution >= 0.6 is 0 Å². The minimum Gasteiger partial charge on any atom is -0.397 e. The first-order chi connectivity index (χ1) is 19.1. The highest BCUT2D eigenvalue weighted by molar-refractivity contribution is 6.05. The molecule has 1 amide bonds. The van der Waals surface area contributed by atoms with E-state index in [1.807, 2.05) is 48.7 Å². The molecule has 1 aliphatic rings. The topological polar surface area (TPSA) is 122 Å². The molecule has 192 valence electrons. The van der Waals surface area contributed by atoms with Crippen molar-refractivity contribution in [1.29, 1.82) is 10.5 Å². The highest BCUT2D eigenvalue weighted by atomic mass is 16.1. The normalized spacial score (nSPS) is 13.3. The molecule has 1 fully saturated rings. The number of benzene rings is 3. The fourth-order valence-electron chi connectivity index (χ4n) is 4.74. The largest absolute Gasteiger partial charge is 0.397 e. The third kappa shape index (κ3) is 5.72. The summed E-state index contributed by atoms with van der Waals surface area (Å²) in [5.74, 6) is -0.264. The maximum absolute atomic E-state index is 12.6. The standard InChI is InChI=1S/C31H27N7O/c32-18-25-5-1-4-8-29(25)38-15-13-37(14-16-38)21-22-17-26(19-33)30(35-20-22)23-9-11-24(12-10-23)31(39)36-28-7-3-2-6-27(28)34/h1-12,17,20H,13-16,21,34H2,(H,36,39). The molecule has 1 aromatic heterocycles. The van der Waals surface area contributed by atoms with Crippen molar-refractivity contribution in [2.24, 2.45) is 0 Å². The first kappa shape index (κ1) is 25.5. The van der Waals surface area contributed by atoms with Crippen molar-refractivity contribution in [2.45, 2.75) is 6.54 Å². The van der Waals surface area contributed by atoms with Gasteiger partial charge in [-0.1, -0.05) is 36.4 Å². The number of carbonyl (C=O) groups excluding carboxylic acids is 1. The Hall–Kier alpha value is -5.18. The van der Waals surface area contributed by atoms with Crippen molar-refractivity contribution in [3.05, 3.63) is 107 Å². The van der Waals surface area contributed by atoms with Gasteiger partial charge in [0.15, 0.2) is 0 Å². The van der Waals surface area contributed by atoms with Crippen molar-refractivity contribution in [2.75, 3.05) is 42.1 Å². The molecule has 3 aromatic carbocycles. The molecule has 0 spiro atoms. The Morgan fingerprint density at radius 3 is 2.31 bits per heavy atom. The van der Waals surface area contributed by atoms with E-state index in [-0.39, 0.29) is 5.91 Å². The Morgan fingerprint density at radius 2 is 1.59 bits per heavy atom. The van der Waals surface area contributed by atoms with Crippen LogP contribution in [0, 0.1) is 22.7 Å². The average molecular weight is 514 g/mol. The van der Waals surface area contributed by atoms with Crippen molar-refractivity contribution < 1.29 is 4.79 Å². The van der Waals surface area contributed by atoms with E-state index in [0.717, 1.165) is 43.0 Å². The van der Waals surface area contributed by atoms with Crippen LogP contribution in [0.2, 0.25) is 0 Å². The number of nitrogens with one attached hydrogen (secondary N) is 1. The van der Waals surface area contributed by atoms with E-state index in [2.05, 4.69) is 32.2 Å². The SMILES string of the molecule is N#Cc1ccccc1N1CCN(Cc2cnc(-c3ccc(C(=O)Nc4ccccc4N)cc3)c(C#N)c2)CC1. The summed E-state index contributed by atoms with van der Waals surface area (Å²) in [5.41, 5.74) is 11.9. The van der Waals surface area contributed by atoms with Crippen LogP contribution in [-0.4, -0.2) is 42.0 Å². The lowest BCUT2D eigenvalue weighted by Gasteiger charge is -2.36. The van der Waals surface area contributed by atoms with Gasteiger partial charge >= 0.3 is 0 Å². The van der Waals surface area contributed by atoms with E-state index in [1.165, 1.54) is 0 Å². The van der Waals surface area contributed by atoms with Gasteiger partial charge in [0.05, 0.1) is 33.9 Å². The van der Waals surface area contributed by atoms with Gasteiger partial charge in [0, 0.05) is 50.0 Å². The summed E-state index contributed by atoms with van der Waals surface area (Å²) in [5, 5.41) is 22.1. The molecule has 4 aromatic rings. The molecule has 8 nitrogen and oxygen atoms in total. The van der Waals surface area contributed by atoms with Gasteiger partial charge < -0.3 is 16.0 Å². The van der Waals surface area contributed by atoms with E-state index in [1.54, 1.807) is 36.4 Å². The maximum Gasteiger partial charge on any atom is 0.255 e. The van der Waals surface area contributed by atoms with Crippen LogP contribution in [0.3, 0.4) is 0 Å². The summed E-state index contributed by atoms with van der Waals surface area (Å²) in [6, 6.07) is 28.2. The average Bonchev–Trinajstić information content (AvgIpc) is 2.98. The zero-order chi connectivity index (χ0) is 27.2. The number of nitrogen functional groups attached to an aromatic ring is 1. The minimum absolute atomic E-state index is 0.264. The summed E-state index contributed by atoms with van der Waals surface area (Å²) in [7, 11) is 0. The highest BCUT2D eigenvalue weighted by Gasteiger charge is 2.20. The summed E-state index contributed by atoms with van der Waals surface area (Å²) in [4.78, 5) is 21.8. The molecule has 8 heteroatoms. The van der Waals surface area contributed by atoms with E-state index >= 15 is 0 Å². The molecule has 39 heavy (non-hydrogen) atoms. The fraction of sp³-hybridized carbons (Fsp3) is 0.161. The van der Waals surface area contributed by atoms with Crippen LogP contribution in [0.4, 0.5) is 17.1 Å². The van der Waals surface area contributed by atoms with Gasteiger partial charge in [-0.05, 0) is 48.0 Å². The van der Waals surface area contributed by atoms with Crippen molar-refractivity contribution in [1.82, 2.24) is 9.88 Å². The van der Waals surface area contributed by atoms with Crippen molar-refractivity contribution >= 4 is 23.0 Å². The summed E-state index contributed by atoms with van der Waals surface area (Å²) < 4.78 is 0. The van der Waals surface area contributed by atoms with E-state index < -0.39 is 0 Å². The van der Waals surface area contributed by atoms with Crippen LogP contribution in [0.15, 0.2) is 85.1 Å². The van der Waals surface area contributed by atoms with E-state index in [4.69, 9.17) is 5.73 Å². The van der Waals surface area contributed by atoms with Crippen LogP contribution in [0.25, 0.3) is 11.3 Å². The van der Waals surface area contributed by atoms with Gasteiger partial charge in [0.2, 0.25) is 0 Å². The minimum atomic E-state index is -0.264. The lowest BCUT2D eigenvalue weighted by Crippen LogP contribution is -2.46. The number of hydrogen-bond donors (Lipinski definition) is 2. The second-order valence-corrected chi connectivity index (χ2v) is 9.36. The monoisotopic (exact) mass is 513 g/mol. The van der Waals surface area contributed by atoms with Gasteiger partial charge in [-0.15, -0.1) is 0 Å². The van der Waals surface area contributed by atoms with Gasteiger partial charge in [0.1, 0.15) is 12.1 Å². The molecule has 0 radical (unpaired) electrons. The Kier molecular flexibility index (Phi) is 7.49. The van der Waals surface area contributed by atoms with Gasteiger partial charge in [-0.2, -0.15) is 10.5 Å². The number of nitrogens with zero attached hydrogens (tertiary/aromatic N) is 5. The summed E-state index contributed by atoms with van der Waals surface area (Å²) in [6.45, 7) is 4.04. The summed E-state index contributed by atoms with van der Waals surface area (Å²) >= 11 is 0. The predicted octanol–water partition coefficient (Wildman–Crippen LogP) is 4.65. The lowest BCUT2D eigenvalue weighted by molar-refractivity contribution is 0.102. The Bertz CT molecular complexity index is 1580. The van der Waals surface area contributed by atoms with Crippen LogP contribution < -0.4 is 16.0 Å². The lowest BCUT2D eigenvalue weighted by atomic mass is 10.0. The Balaban J connectivity index is 1.23. The van der Waals surface area contributed by atoms with E-state index in [0.29, 0.717) is 40.3 Å². The van der Waals surface area contributed by atoms with Crippen LogP contribution in [-0.2, 0) is 6.54 Å². The van der Waals surface area contributed by atoms with Gasteiger partial charge in [0.25, 0.3) is 5.91 Å². The number of rotatable bonds is 6. The molecule has 1 aliphatic heterocycles. The van der Waals surface area contributed by atoms with Gasteiger partial charge in [-0.25, -0.2) is 0 Å². The van der Waals surface area contributed by atoms with E-state index in [9.17, 15) is 15.3 Å². The smallest absolute Gasteiger partial charge is 0.255 e. The molecule has 1 saturated heterocycles. The number of anilines is 3. The molecule has 2 heterocycles. The first-order valence-corrected chi connectivity index (χ1v) is 12.7. The molecule has 0 bridgehead atoms. The number of amides is 1.